The minimum atomic E-state index is -3.47. The third-order valence-electron chi connectivity index (χ3n) is 3.15. The zero-order valence-electron chi connectivity index (χ0n) is 10.7. The Hall–Kier alpha value is -1.03. The lowest BCUT2D eigenvalue weighted by Crippen LogP contribution is -2.29. The molecule has 1 N–H and O–H groups in total. The molecule has 0 amide bonds. The second-order valence-corrected chi connectivity index (χ2v) is 7.75. The van der Waals surface area contributed by atoms with Gasteiger partial charge in [0.15, 0.2) is 0 Å². The molecule has 1 aromatic carbocycles. The largest absolute Gasteiger partial charge is 0.240 e. The van der Waals surface area contributed by atoms with Gasteiger partial charge in [0.05, 0.1) is 16.5 Å². The molecule has 0 aliphatic carbocycles. The van der Waals surface area contributed by atoms with E-state index in [-0.39, 0.29) is 4.90 Å². The summed E-state index contributed by atoms with van der Waals surface area (Å²) < 4.78 is 26.9. The number of nitrogens with one attached hydrogen (secondary N) is 1. The van der Waals surface area contributed by atoms with Crippen molar-refractivity contribution in [2.45, 2.75) is 29.9 Å². The van der Waals surface area contributed by atoms with E-state index in [9.17, 15) is 8.42 Å². The first-order valence-electron chi connectivity index (χ1n) is 6.15. The summed E-state index contributed by atoms with van der Waals surface area (Å²) in [5.41, 5.74) is 1.19. The lowest BCUT2D eigenvalue weighted by atomic mass is 10.1. The third-order valence-corrected chi connectivity index (χ3v) is 5.97. The molecule has 0 saturated carbocycles. The Kier molecular flexibility index (Phi) is 4.50. The summed E-state index contributed by atoms with van der Waals surface area (Å²) in [4.78, 5) is 0.229. The molecule has 102 valence electrons. The van der Waals surface area contributed by atoms with Gasteiger partial charge in [0, 0.05) is 11.8 Å². The zero-order chi connectivity index (χ0) is 13.9. The molecular formula is C13H16N2O2S2. The normalized spacial score (nSPS) is 19.3. The van der Waals surface area contributed by atoms with Crippen LogP contribution in [0.4, 0.5) is 0 Å². The van der Waals surface area contributed by atoms with E-state index in [4.69, 9.17) is 5.26 Å². The lowest BCUT2D eigenvalue weighted by molar-refractivity contribution is 0.579. The van der Waals surface area contributed by atoms with E-state index in [0.29, 0.717) is 22.9 Å². The molecule has 1 aliphatic heterocycles. The highest BCUT2D eigenvalue weighted by molar-refractivity contribution is 8.00. The van der Waals surface area contributed by atoms with Gasteiger partial charge < -0.3 is 0 Å². The van der Waals surface area contributed by atoms with E-state index in [1.807, 2.05) is 17.8 Å². The fourth-order valence-electron chi connectivity index (χ4n) is 2.02. The summed E-state index contributed by atoms with van der Waals surface area (Å²) in [7, 11) is -3.47. The Morgan fingerprint density at radius 3 is 2.89 bits per heavy atom. The van der Waals surface area contributed by atoms with Crippen LogP contribution in [0.5, 0.6) is 0 Å². The average molecular weight is 296 g/mol. The molecular weight excluding hydrogens is 280 g/mol. The van der Waals surface area contributed by atoms with Crippen molar-refractivity contribution in [3.8, 4) is 6.07 Å². The maximum Gasteiger partial charge on any atom is 0.240 e. The van der Waals surface area contributed by atoms with Gasteiger partial charge in [-0.3, -0.25) is 0 Å². The highest BCUT2D eigenvalue weighted by Crippen LogP contribution is 2.25. The lowest BCUT2D eigenvalue weighted by Gasteiger charge is -2.11. The van der Waals surface area contributed by atoms with Crippen molar-refractivity contribution in [2.75, 3.05) is 12.3 Å². The molecule has 1 aliphatic rings. The fourth-order valence-corrected chi connectivity index (χ4v) is 4.49. The van der Waals surface area contributed by atoms with Gasteiger partial charge in [0.25, 0.3) is 0 Å². The Bertz CT molecular complexity index is 600. The first-order chi connectivity index (χ1) is 9.03. The summed E-state index contributed by atoms with van der Waals surface area (Å²) in [6.07, 6.45) is 2.23. The Morgan fingerprint density at radius 2 is 2.32 bits per heavy atom. The predicted molar refractivity (Wildman–Crippen MR) is 76.6 cm³/mol. The maximum absolute atomic E-state index is 12.1. The topological polar surface area (TPSA) is 70.0 Å². The SMILES string of the molecule is Cc1cc(S(=O)(=O)NCC2CCCS2)ccc1C#N. The van der Waals surface area contributed by atoms with Gasteiger partial charge in [0.2, 0.25) is 10.0 Å². The molecule has 0 bridgehead atoms. The molecule has 2 rings (SSSR count). The van der Waals surface area contributed by atoms with Crippen molar-refractivity contribution in [3.05, 3.63) is 29.3 Å². The molecule has 0 radical (unpaired) electrons. The third kappa shape index (κ3) is 3.50. The van der Waals surface area contributed by atoms with Gasteiger partial charge in [0.1, 0.15) is 0 Å². The van der Waals surface area contributed by atoms with Crippen molar-refractivity contribution in [3.63, 3.8) is 0 Å². The van der Waals surface area contributed by atoms with Crippen LogP contribution in [0.1, 0.15) is 24.0 Å². The fraction of sp³-hybridized carbons (Fsp3) is 0.462. The maximum atomic E-state index is 12.1. The van der Waals surface area contributed by atoms with Crippen LogP contribution in [0.15, 0.2) is 23.1 Å². The molecule has 1 saturated heterocycles. The standard InChI is InChI=1S/C13H16N2O2S2/c1-10-7-13(5-4-11(10)8-14)19(16,17)15-9-12-3-2-6-18-12/h4-5,7,12,15H,2-3,6,9H2,1H3. The second kappa shape index (κ2) is 5.95. The van der Waals surface area contributed by atoms with Crippen molar-refractivity contribution in [2.24, 2.45) is 0 Å². The molecule has 19 heavy (non-hydrogen) atoms. The highest BCUT2D eigenvalue weighted by Gasteiger charge is 2.20. The number of thioether (sulfide) groups is 1. The second-order valence-electron chi connectivity index (χ2n) is 4.58. The molecule has 1 unspecified atom stereocenters. The van der Waals surface area contributed by atoms with Crippen LogP contribution >= 0.6 is 11.8 Å². The van der Waals surface area contributed by atoms with Crippen molar-refractivity contribution in [1.29, 1.82) is 5.26 Å². The average Bonchev–Trinajstić information content (AvgIpc) is 2.89. The summed E-state index contributed by atoms with van der Waals surface area (Å²) in [5, 5.41) is 9.22. The molecule has 6 heteroatoms. The van der Waals surface area contributed by atoms with Crippen molar-refractivity contribution < 1.29 is 8.42 Å². The minimum Gasteiger partial charge on any atom is -0.210 e. The number of rotatable bonds is 4. The van der Waals surface area contributed by atoms with Crippen LogP contribution in [0.25, 0.3) is 0 Å². The van der Waals surface area contributed by atoms with Gasteiger partial charge in [-0.1, -0.05) is 0 Å². The van der Waals surface area contributed by atoms with Gasteiger partial charge in [-0.2, -0.15) is 17.0 Å². The van der Waals surface area contributed by atoms with Crippen LogP contribution in [0.2, 0.25) is 0 Å². The quantitative estimate of drug-likeness (QED) is 0.923. The van der Waals surface area contributed by atoms with E-state index in [1.54, 1.807) is 19.1 Å². The van der Waals surface area contributed by atoms with Crippen LogP contribution in [0.3, 0.4) is 0 Å². The van der Waals surface area contributed by atoms with Crippen LogP contribution < -0.4 is 4.72 Å². The molecule has 1 fully saturated rings. The number of benzene rings is 1. The zero-order valence-corrected chi connectivity index (χ0v) is 12.4. The summed E-state index contributed by atoms with van der Waals surface area (Å²) >= 11 is 1.82. The highest BCUT2D eigenvalue weighted by atomic mass is 32.2. The Labute approximate surface area is 118 Å². The van der Waals surface area contributed by atoms with E-state index >= 15 is 0 Å². The minimum absolute atomic E-state index is 0.229. The number of hydrogen-bond acceptors (Lipinski definition) is 4. The van der Waals surface area contributed by atoms with Crippen LogP contribution in [-0.4, -0.2) is 26.0 Å². The van der Waals surface area contributed by atoms with Crippen LogP contribution in [-0.2, 0) is 10.0 Å². The molecule has 0 spiro atoms. The van der Waals surface area contributed by atoms with Gasteiger partial charge >= 0.3 is 0 Å². The first-order valence-corrected chi connectivity index (χ1v) is 8.68. The Balaban J connectivity index is 2.10. The number of aryl methyl sites for hydroxylation is 1. The summed E-state index contributed by atoms with van der Waals surface area (Å²) in [5.74, 6) is 1.11. The molecule has 4 nitrogen and oxygen atoms in total. The monoisotopic (exact) mass is 296 g/mol. The number of nitrogens with zero attached hydrogens (tertiary/aromatic N) is 1. The van der Waals surface area contributed by atoms with Gasteiger partial charge in [-0.15, -0.1) is 0 Å². The molecule has 1 atom stereocenters. The van der Waals surface area contributed by atoms with Crippen LogP contribution in [0, 0.1) is 18.3 Å². The molecule has 1 aromatic rings. The molecule has 0 aromatic heterocycles. The van der Waals surface area contributed by atoms with Crippen molar-refractivity contribution in [1.82, 2.24) is 4.72 Å². The van der Waals surface area contributed by atoms with Gasteiger partial charge in [-0.25, -0.2) is 13.1 Å². The Morgan fingerprint density at radius 1 is 1.53 bits per heavy atom. The van der Waals surface area contributed by atoms with E-state index in [0.717, 1.165) is 18.6 Å². The summed E-state index contributed by atoms with van der Waals surface area (Å²) in [6, 6.07) is 6.61. The smallest absolute Gasteiger partial charge is 0.210 e. The number of hydrogen-bond donors (Lipinski definition) is 1. The van der Waals surface area contributed by atoms with Crippen molar-refractivity contribution >= 4 is 21.8 Å². The number of nitriles is 1. The first kappa shape index (κ1) is 14.4. The van der Waals surface area contributed by atoms with E-state index in [1.165, 1.54) is 6.07 Å². The molecule has 1 heterocycles. The van der Waals surface area contributed by atoms with Gasteiger partial charge in [-0.05, 0) is 49.3 Å². The number of sulfonamides is 1. The van der Waals surface area contributed by atoms with E-state index < -0.39 is 10.0 Å². The van der Waals surface area contributed by atoms with E-state index in [2.05, 4.69) is 4.72 Å². The predicted octanol–water partition coefficient (Wildman–Crippen LogP) is 2.04. The summed E-state index contributed by atoms with van der Waals surface area (Å²) in [6.45, 7) is 2.22.